The number of rotatable bonds is 13. The molecule has 3 aromatic rings. The Bertz CT molecular complexity index is 1510. The van der Waals surface area contributed by atoms with Gasteiger partial charge in [-0.1, -0.05) is 38.7 Å². The first kappa shape index (κ1) is 35.0. The monoisotopic (exact) mass is 664 g/mol. The Morgan fingerprint density at radius 2 is 1.37 bits per heavy atom. The second kappa shape index (κ2) is 14.7. The fraction of sp³-hybridized carbons (Fsp3) is 0.394. The van der Waals surface area contributed by atoms with E-state index in [1.54, 1.807) is 0 Å². The Morgan fingerprint density at radius 3 is 1.96 bits per heavy atom. The van der Waals surface area contributed by atoms with Crippen molar-refractivity contribution in [1.29, 1.82) is 0 Å². The summed E-state index contributed by atoms with van der Waals surface area (Å²) >= 11 is 0. The van der Waals surface area contributed by atoms with Crippen LogP contribution in [-0.4, -0.2) is 0 Å². The molecule has 0 atom stereocenters. The summed E-state index contributed by atoms with van der Waals surface area (Å²) in [4.78, 5) is 0. The maximum absolute atomic E-state index is 15.0. The van der Waals surface area contributed by atoms with Crippen molar-refractivity contribution in [2.24, 2.45) is 5.92 Å². The fourth-order valence-corrected chi connectivity index (χ4v) is 5.53. The molecule has 13 heteroatoms. The van der Waals surface area contributed by atoms with Crippen LogP contribution in [0.25, 0.3) is 0 Å². The molecule has 1 saturated carbocycles. The minimum absolute atomic E-state index is 0.00834. The average molecular weight is 665 g/mol. The van der Waals surface area contributed by atoms with Crippen LogP contribution in [-0.2, 0) is 12.2 Å². The van der Waals surface area contributed by atoms with E-state index in [0.717, 1.165) is 63.5 Å². The Hall–Kier alpha value is -3.90. The van der Waals surface area contributed by atoms with Crippen molar-refractivity contribution in [3.05, 3.63) is 101 Å². The number of alkyl halides is 4. The molecule has 4 rings (SSSR count). The maximum Gasteiger partial charge on any atom is 0.432 e. The Labute approximate surface area is 258 Å². The molecule has 0 unspecified atom stereocenters. The highest BCUT2D eigenvalue weighted by molar-refractivity contribution is 5.37. The van der Waals surface area contributed by atoms with Crippen LogP contribution < -0.4 is 14.2 Å². The van der Waals surface area contributed by atoms with E-state index >= 15 is 0 Å². The maximum atomic E-state index is 15.0. The number of benzene rings is 3. The van der Waals surface area contributed by atoms with Crippen molar-refractivity contribution in [2.45, 2.75) is 76.4 Å². The number of hydrogen-bond acceptors (Lipinski definition) is 3. The quantitative estimate of drug-likeness (QED) is 0.103. The van der Waals surface area contributed by atoms with Crippen LogP contribution in [0.3, 0.4) is 0 Å². The molecular formula is C33H30F10O3. The summed E-state index contributed by atoms with van der Waals surface area (Å²) in [6, 6.07) is 4.77. The molecule has 46 heavy (non-hydrogen) atoms. The third kappa shape index (κ3) is 8.67. The van der Waals surface area contributed by atoms with E-state index < -0.39 is 69.9 Å². The SMILES string of the molecule is CCCCCC1CCC(c2ccc(C(F)(F)Oc3cc(F)c(C(F)(F)Oc4ccc(OC=C(F)F)c(F)c4)c(F)c3)c(F)c2)CC1. The molecule has 0 radical (unpaired) electrons. The lowest BCUT2D eigenvalue weighted by Gasteiger charge is -2.29. The predicted molar refractivity (Wildman–Crippen MR) is 148 cm³/mol. The molecular weight excluding hydrogens is 634 g/mol. The third-order valence-electron chi connectivity index (χ3n) is 7.82. The van der Waals surface area contributed by atoms with E-state index in [1.807, 2.05) is 0 Å². The highest BCUT2D eigenvalue weighted by atomic mass is 19.3. The fourth-order valence-electron chi connectivity index (χ4n) is 5.53. The van der Waals surface area contributed by atoms with E-state index in [0.29, 0.717) is 23.6 Å². The van der Waals surface area contributed by atoms with Crippen molar-refractivity contribution < 1.29 is 58.1 Å². The van der Waals surface area contributed by atoms with Gasteiger partial charge in [0.1, 0.15) is 34.5 Å². The zero-order chi connectivity index (χ0) is 33.6. The van der Waals surface area contributed by atoms with Crippen LogP contribution >= 0.6 is 0 Å². The van der Waals surface area contributed by atoms with Crippen molar-refractivity contribution >= 4 is 0 Å². The molecule has 0 saturated heterocycles. The van der Waals surface area contributed by atoms with Crippen molar-refractivity contribution in [1.82, 2.24) is 0 Å². The van der Waals surface area contributed by atoms with Crippen LogP contribution in [0.4, 0.5) is 43.9 Å². The van der Waals surface area contributed by atoms with Gasteiger partial charge in [0.05, 0.1) is 5.56 Å². The minimum Gasteiger partial charge on any atom is -0.456 e. The zero-order valence-electron chi connectivity index (χ0n) is 24.5. The van der Waals surface area contributed by atoms with Gasteiger partial charge in [-0.3, -0.25) is 0 Å². The van der Waals surface area contributed by atoms with Crippen LogP contribution in [0.15, 0.2) is 60.9 Å². The van der Waals surface area contributed by atoms with E-state index in [1.165, 1.54) is 6.07 Å². The topological polar surface area (TPSA) is 27.7 Å². The molecule has 0 heterocycles. The van der Waals surface area contributed by atoms with E-state index in [4.69, 9.17) is 0 Å². The van der Waals surface area contributed by atoms with Crippen molar-refractivity contribution in [2.75, 3.05) is 0 Å². The molecule has 1 fully saturated rings. The average Bonchev–Trinajstić information content (AvgIpc) is 2.96. The molecule has 0 N–H and O–H groups in total. The second-order valence-corrected chi connectivity index (χ2v) is 11.1. The molecule has 0 aliphatic heterocycles. The van der Waals surface area contributed by atoms with Gasteiger partial charge in [-0.25, -0.2) is 17.6 Å². The standard InChI is InChI=1S/C33H30F10O3/c1-2-3-4-5-19-6-8-20(9-7-19)21-10-12-24(25(34)14-21)32(40,41)46-23-16-27(36)31(28(37)17-23)33(42,43)45-22-11-13-29(26(35)15-22)44-18-30(38)39/h10-20H,2-9H2,1H3. The summed E-state index contributed by atoms with van der Waals surface area (Å²) in [6.07, 6.45) is -3.64. The van der Waals surface area contributed by atoms with Gasteiger partial charge in [-0.15, -0.1) is 0 Å². The van der Waals surface area contributed by atoms with Gasteiger partial charge in [0, 0.05) is 18.2 Å². The van der Waals surface area contributed by atoms with Gasteiger partial charge in [-0.05, 0) is 67.3 Å². The van der Waals surface area contributed by atoms with Gasteiger partial charge < -0.3 is 14.2 Å². The Balaban J connectivity index is 1.45. The summed E-state index contributed by atoms with van der Waals surface area (Å²) < 4.78 is 155. The molecule has 3 aromatic carbocycles. The van der Waals surface area contributed by atoms with E-state index in [-0.39, 0.29) is 30.4 Å². The summed E-state index contributed by atoms with van der Waals surface area (Å²) in [5.41, 5.74) is -2.70. The second-order valence-electron chi connectivity index (χ2n) is 11.1. The molecule has 0 aromatic heterocycles. The lowest BCUT2D eigenvalue weighted by Crippen LogP contribution is -2.26. The molecule has 1 aliphatic carbocycles. The molecule has 0 spiro atoms. The van der Waals surface area contributed by atoms with Crippen LogP contribution in [0.2, 0.25) is 0 Å². The lowest BCUT2D eigenvalue weighted by molar-refractivity contribution is -0.191. The summed E-state index contributed by atoms with van der Waals surface area (Å²) in [6.45, 7) is 2.13. The van der Waals surface area contributed by atoms with Crippen LogP contribution in [0.1, 0.15) is 80.9 Å². The minimum atomic E-state index is -4.81. The predicted octanol–water partition coefficient (Wildman–Crippen LogP) is 11.5. The van der Waals surface area contributed by atoms with Crippen LogP contribution in [0, 0.1) is 29.2 Å². The van der Waals surface area contributed by atoms with Crippen molar-refractivity contribution in [3.8, 4) is 17.2 Å². The zero-order valence-corrected chi connectivity index (χ0v) is 24.5. The third-order valence-corrected chi connectivity index (χ3v) is 7.82. The highest BCUT2D eigenvalue weighted by Gasteiger charge is 2.43. The van der Waals surface area contributed by atoms with E-state index in [2.05, 4.69) is 21.1 Å². The Morgan fingerprint density at radius 1 is 0.739 bits per heavy atom. The first-order valence-electron chi connectivity index (χ1n) is 14.6. The first-order valence-corrected chi connectivity index (χ1v) is 14.6. The van der Waals surface area contributed by atoms with E-state index in [9.17, 15) is 43.9 Å². The molecule has 1 aliphatic rings. The summed E-state index contributed by atoms with van der Waals surface area (Å²) in [5.74, 6) is -9.31. The number of unbranched alkanes of at least 4 members (excludes halogenated alkanes) is 2. The normalized spacial score (nSPS) is 17.0. The number of halogens is 10. The smallest absolute Gasteiger partial charge is 0.432 e. The first-order chi connectivity index (χ1) is 21.7. The molecule has 0 bridgehead atoms. The van der Waals surface area contributed by atoms with Gasteiger partial charge >= 0.3 is 18.3 Å². The lowest BCUT2D eigenvalue weighted by atomic mass is 9.77. The van der Waals surface area contributed by atoms with Gasteiger partial charge in [0.15, 0.2) is 17.8 Å². The highest BCUT2D eigenvalue weighted by Crippen LogP contribution is 2.42. The molecule has 3 nitrogen and oxygen atoms in total. The van der Waals surface area contributed by atoms with Gasteiger partial charge in [-0.2, -0.15) is 26.3 Å². The summed E-state index contributed by atoms with van der Waals surface area (Å²) in [7, 11) is 0. The van der Waals surface area contributed by atoms with Gasteiger partial charge in [0.25, 0.3) is 0 Å². The van der Waals surface area contributed by atoms with Gasteiger partial charge in [0.2, 0.25) is 0 Å². The Kier molecular flexibility index (Phi) is 11.2. The van der Waals surface area contributed by atoms with Crippen molar-refractivity contribution in [3.63, 3.8) is 0 Å². The number of hydrogen-bond donors (Lipinski definition) is 0. The molecule has 0 amide bonds. The summed E-state index contributed by atoms with van der Waals surface area (Å²) in [5, 5.41) is 0. The molecule has 250 valence electrons. The number of ether oxygens (including phenoxy) is 3. The van der Waals surface area contributed by atoms with Crippen LogP contribution in [0.5, 0.6) is 17.2 Å². The largest absolute Gasteiger partial charge is 0.456 e.